The highest BCUT2D eigenvalue weighted by molar-refractivity contribution is 9.10. The van der Waals surface area contributed by atoms with E-state index < -0.39 is 9.84 Å². The maximum atomic E-state index is 13.7. The molecule has 2 N–H and O–H groups in total. The van der Waals surface area contributed by atoms with Gasteiger partial charge in [-0.1, -0.05) is 22.0 Å². The van der Waals surface area contributed by atoms with Gasteiger partial charge in [-0.15, -0.1) is 0 Å². The molecule has 0 spiro atoms. The summed E-state index contributed by atoms with van der Waals surface area (Å²) in [5.41, 5.74) is 0.514. The SMILES string of the molecule is CN=C(NCc1ccc(Br)cc1F)NC1CCS(=O)(=O)C1. The minimum absolute atomic E-state index is 0.111. The summed E-state index contributed by atoms with van der Waals surface area (Å²) < 4.78 is 37.2. The third kappa shape index (κ3) is 4.67. The van der Waals surface area contributed by atoms with E-state index in [1.54, 1.807) is 19.2 Å². The lowest BCUT2D eigenvalue weighted by Crippen LogP contribution is -2.43. The van der Waals surface area contributed by atoms with Gasteiger partial charge in [0, 0.05) is 29.7 Å². The Balaban J connectivity index is 1.91. The lowest BCUT2D eigenvalue weighted by Gasteiger charge is -2.16. The van der Waals surface area contributed by atoms with Crippen LogP contribution in [0.15, 0.2) is 27.7 Å². The van der Waals surface area contributed by atoms with E-state index in [-0.39, 0.29) is 29.9 Å². The van der Waals surface area contributed by atoms with Crippen molar-refractivity contribution in [2.75, 3.05) is 18.6 Å². The van der Waals surface area contributed by atoms with Gasteiger partial charge in [0.05, 0.1) is 11.5 Å². The Morgan fingerprint density at radius 1 is 1.52 bits per heavy atom. The first kappa shape index (κ1) is 16.2. The Bertz CT molecular complexity index is 649. The maximum Gasteiger partial charge on any atom is 0.191 e. The van der Waals surface area contributed by atoms with Gasteiger partial charge in [0.25, 0.3) is 0 Å². The maximum absolute atomic E-state index is 13.7. The summed E-state index contributed by atoms with van der Waals surface area (Å²) in [4.78, 5) is 4.03. The summed E-state index contributed by atoms with van der Waals surface area (Å²) >= 11 is 3.21. The first-order valence-corrected chi connectivity index (χ1v) is 9.12. The Hall–Kier alpha value is -1.15. The molecule has 0 bridgehead atoms. The normalized spacial score (nSPS) is 21.3. The average molecular weight is 378 g/mol. The first-order valence-electron chi connectivity index (χ1n) is 6.51. The molecule has 1 aliphatic rings. The van der Waals surface area contributed by atoms with E-state index in [1.165, 1.54) is 6.07 Å². The number of halogens is 2. The van der Waals surface area contributed by atoms with Crippen LogP contribution in [-0.4, -0.2) is 39.0 Å². The molecule has 1 fully saturated rings. The van der Waals surface area contributed by atoms with Gasteiger partial charge in [0.15, 0.2) is 15.8 Å². The van der Waals surface area contributed by atoms with Crippen molar-refractivity contribution >= 4 is 31.7 Å². The number of nitrogens with zero attached hydrogens (tertiary/aromatic N) is 1. The number of sulfone groups is 1. The van der Waals surface area contributed by atoms with Gasteiger partial charge >= 0.3 is 0 Å². The predicted molar refractivity (Wildman–Crippen MR) is 84.5 cm³/mol. The van der Waals surface area contributed by atoms with Crippen LogP contribution in [0.2, 0.25) is 0 Å². The Labute approximate surface area is 132 Å². The van der Waals surface area contributed by atoms with Gasteiger partial charge in [0.2, 0.25) is 0 Å². The summed E-state index contributed by atoms with van der Waals surface area (Å²) in [6.45, 7) is 0.276. The van der Waals surface area contributed by atoms with Crippen LogP contribution in [0.25, 0.3) is 0 Å². The molecule has 1 saturated heterocycles. The van der Waals surface area contributed by atoms with Crippen LogP contribution in [0.4, 0.5) is 4.39 Å². The highest BCUT2D eigenvalue weighted by Gasteiger charge is 2.28. The fourth-order valence-electron chi connectivity index (χ4n) is 2.14. The molecule has 1 heterocycles. The Morgan fingerprint density at radius 3 is 2.86 bits per heavy atom. The van der Waals surface area contributed by atoms with Crippen molar-refractivity contribution in [2.45, 2.75) is 19.0 Å². The molecule has 0 radical (unpaired) electrons. The van der Waals surface area contributed by atoms with Gasteiger partial charge in [-0.25, -0.2) is 12.8 Å². The molecular formula is C13H17BrFN3O2S. The van der Waals surface area contributed by atoms with Crippen LogP contribution < -0.4 is 10.6 Å². The van der Waals surface area contributed by atoms with Crippen molar-refractivity contribution in [3.63, 3.8) is 0 Å². The molecule has 0 amide bonds. The molecule has 5 nitrogen and oxygen atoms in total. The quantitative estimate of drug-likeness (QED) is 0.617. The zero-order chi connectivity index (χ0) is 15.5. The van der Waals surface area contributed by atoms with E-state index in [0.717, 1.165) is 0 Å². The summed E-state index contributed by atoms with van der Waals surface area (Å²) in [5, 5.41) is 6.04. The molecule has 21 heavy (non-hydrogen) atoms. The number of nitrogens with one attached hydrogen (secondary N) is 2. The second kappa shape index (κ2) is 6.74. The van der Waals surface area contributed by atoms with Crippen LogP contribution in [0.1, 0.15) is 12.0 Å². The lowest BCUT2D eigenvalue weighted by molar-refractivity contribution is 0.597. The highest BCUT2D eigenvalue weighted by Crippen LogP contribution is 2.15. The molecule has 1 aliphatic heterocycles. The highest BCUT2D eigenvalue weighted by atomic mass is 79.9. The van der Waals surface area contributed by atoms with Gasteiger partial charge < -0.3 is 10.6 Å². The van der Waals surface area contributed by atoms with Crippen molar-refractivity contribution in [2.24, 2.45) is 4.99 Å². The van der Waals surface area contributed by atoms with E-state index >= 15 is 0 Å². The zero-order valence-corrected chi connectivity index (χ0v) is 14.0. The predicted octanol–water partition coefficient (Wildman–Crippen LogP) is 1.44. The van der Waals surface area contributed by atoms with Crippen LogP contribution in [0, 0.1) is 5.82 Å². The van der Waals surface area contributed by atoms with Gasteiger partial charge in [-0.2, -0.15) is 0 Å². The lowest BCUT2D eigenvalue weighted by atomic mass is 10.2. The fourth-order valence-corrected chi connectivity index (χ4v) is 4.15. The standard InChI is InChI=1S/C13H17BrFN3O2S/c1-16-13(18-11-4-5-21(19,20)8-11)17-7-9-2-3-10(14)6-12(9)15/h2-3,6,11H,4-5,7-8H2,1H3,(H2,16,17,18). The molecule has 1 aromatic rings. The van der Waals surface area contributed by atoms with E-state index in [9.17, 15) is 12.8 Å². The number of hydrogen-bond donors (Lipinski definition) is 2. The summed E-state index contributed by atoms with van der Waals surface area (Å²) in [6, 6.07) is 4.70. The van der Waals surface area contributed by atoms with E-state index in [2.05, 4.69) is 31.6 Å². The van der Waals surface area contributed by atoms with Crippen LogP contribution >= 0.6 is 15.9 Å². The van der Waals surface area contributed by atoms with Crippen LogP contribution in [0.5, 0.6) is 0 Å². The summed E-state index contributed by atoms with van der Waals surface area (Å²) in [5.74, 6) is 0.471. The third-order valence-corrected chi connectivity index (χ3v) is 5.52. The number of aliphatic imine (C=N–C) groups is 1. The van der Waals surface area contributed by atoms with Gasteiger partial charge in [-0.3, -0.25) is 4.99 Å². The Morgan fingerprint density at radius 2 is 2.29 bits per heavy atom. The third-order valence-electron chi connectivity index (χ3n) is 3.26. The van der Waals surface area contributed by atoms with Crippen molar-refractivity contribution in [1.82, 2.24) is 10.6 Å². The van der Waals surface area contributed by atoms with E-state index in [1.807, 2.05) is 0 Å². The average Bonchev–Trinajstić information content (AvgIpc) is 2.75. The molecule has 1 atom stereocenters. The smallest absolute Gasteiger partial charge is 0.191 e. The van der Waals surface area contributed by atoms with Crippen molar-refractivity contribution in [3.05, 3.63) is 34.1 Å². The van der Waals surface area contributed by atoms with Gasteiger partial charge in [-0.05, 0) is 18.6 Å². The molecule has 2 rings (SSSR count). The van der Waals surface area contributed by atoms with E-state index in [4.69, 9.17) is 0 Å². The largest absolute Gasteiger partial charge is 0.353 e. The van der Waals surface area contributed by atoms with E-state index in [0.29, 0.717) is 22.4 Å². The topological polar surface area (TPSA) is 70.6 Å². The van der Waals surface area contributed by atoms with Crippen LogP contribution in [0.3, 0.4) is 0 Å². The number of guanidine groups is 1. The first-order chi connectivity index (χ1) is 9.89. The summed E-state index contributed by atoms with van der Waals surface area (Å²) in [6.07, 6.45) is 0.565. The minimum Gasteiger partial charge on any atom is -0.353 e. The number of benzene rings is 1. The molecule has 0 saturated carbocycles. The monoisotopic (exact) mass is 377 g/mol. The second-order valence-electron chi connectivity index (χ2n) is 4.91. The molecule has 1 unspecified atom stereocenters. The zero-order valence-electron chi connectivity index (χ0n) is 11.6. The molecular weight excluding hydrogens is 361 g/mol. The van der Waals surface area contributed by atoms with Crippen molar-refractivity contribution < 1.29 is 12.8 Å². The number of rotatable bonds is 3. The minimum atomic E-state index is -2.94. The summed E-state index contributed by atoms with van der Waals surface area (Å²) in [7, 11) is -1.34. The molecule has 8 heteroatoms. The second-order valence-corrected chi connectivity index (χ2v) is 8.05. The van der Waals surface area contributed by atoms with Crippen molar-refractivity contribution in [1.29, 1.82) is 0 Å². The van der Waals surface area contributed by atoms with Gasteiger partial charge in [0.1, 0.15) is 5.82 Å². The van der Waals surface area contributed by atoms with Crippen LogP contribution in [-0.2, 0) is 16.4 Å². The fraction of sp³-hybridized carbons (Fsp3) is 0.462. The number of hydrogen-bond acceptors (Lipinski definition) is 3. The molecule has 0 aromatic heterocycles. The molecule has 116 valence electrons. The molecule has 1 aromatic carbocycles. The molecule has 0 aliphatic carbocycles. The Kier molecular flexibility index (Phi) is 5.21. The van der Waals surface area contributed by atoms with Crippen molar-refractivity contribution in [3.8, 4) is 0 Å².